The van der Waals surface area contributed by atoms with Crippen molar-refractivity contribution in [2.75, 3.05) is 0 Å². The molecule has 5 nitrogen and oxygen atoms in total. The normalized spacial score (nSPS) is 11.3. The Morgan fingerprint density at radius 1 is 1.10 bits per heavy atom. The number of amides is 1. The smallest absolute Gasteiger partial charge is 0.271 e. The van der Waals surface area contributed by atoms with E-state index in [0.717, 1.165) is 23.0 Å². The third-order valence-electron chi connectivity index (χ3n) is 5.35. The second kappa shape index (κ2) is 8.66. The number of phenolic OH excluding ortho intramolecular Hbond substituents is 1. The maximum atomic E-state index is 12.3. The summed E-state index contributed by atoms with van der Waals surface area (Å²) in [5, 5.41) is 14.7. The Labute approximate surface area is 185 Å². The van der Waals surface area contributed by atoms with Crippen molar-refractivity contribution < 1.29 is 9.90 Å². The topological polar surface area (TPSA) is 66.6 Å². The van der Waals surface area contributed by atoms with Crippen molar-refractivity contribution in [3.8, 4) is 5.75 Å². The quantitative estimate of drug-likeness (QED) is 0.327. The Morgan fingerprint density at radius 3 is 2.71 bits per heavy atom. The molecular weight excluding hydrogens is 410 g/mol. The highest BCUT2D eigenvalue weighted by Gasteiger charge is 2.08. The lowest BCUT2D eigenvalue weighted by atomic mass is 10.1. The van der Waals surface area contributed by atoms with E-state index in [2.05, 4.69) is 65.5 Å². The second-order valence-corrected chi connectivity index (χ2v) is 7.91. The lowest BCUT2D eigenvalue weighted by Gasteiger charge is -2.08. The van der Waals surface area contributed by atoms with E-state index in [1.165, 1.54) is 34.9 Å². The molecule has 0 saturated carbocycles. The summed E-state index contributed by atoms with van der Waals surface area (Å²) in [5.41, 5.74) is 8.64. The van der Waals surface area contributed by atoms with Crippen molar-refractivity contribution in [1.82, 2.24) is 9.99 Å². The summed E-state index contributed by atoms with van der Waals surface area (Å²) in [6.07, 6.45) is 3.69. The number of phenols is 1. The molecule has 0 aliphatic rings. The Bertz CT molecular complexity index is 1310. The number of nitrogens with one attached hydrogen (secondary N) is 1. The molecule has 0 atom stereocenters. The molecule has 0 radical (unpaired) electrons. The monoisotopic (exact) mass is 431 g/mol. The van der Waals surface area contributed by atoms with E-state index in [-0.39, 0.29) is 10.8 Å². The molecule has 0 spiro atoms. The van der Waals surface area contributed by atoms with Crippen LogP contribution >= 0.6 is 11.6 Å². The SMILES string of the molecule is Cc1ccc(Cn2ccc3c(/C=N/NC(=O)c4ccc(O)c(Cl)c4)cccc32)cc1C. The minimum Gasteiger partial charge on any atom is -0.506 e. The Balaban J connectivity index is 1.52. The first kappa shape index (κ1) is 20.7. The number of hydrogen-bond acceptors (Lipinski definition) is 3. The summed E-state index contributed by atoms with van der Waals surface area (Å²) in [7, 11) is 0. The van der Waals surface area contributed by atoms with Crippen LogP contribution in [0, 0.1) is 13.8 Å². The number of halogens is 1. The standard InChI is InChI=1S/C25H22ClN3O2/c1-16-6-7-18(12-17(16)2)15-29-11-10-21-20(4-3-5-23(21)29)14-27-28-25(31)19-8-9-24(30)22(26)13-19/h3-14,30H,15H2,1-2H3,(H,28,31)/b27-14+. The van der Waals surface area contributed by atoms with E-state index in [1.54, 1.807) is 6.21 Å². The van der Waals surface area contributed by atoms with Gasteiger partial charge < -0.3 is 9.67 Å². The second-order valence-electron chi connectivity index (χ2n) is 7.51. The van der Waals surface area contributed by atoms with Gasteiger partial charge in [0.15, 0.2) is 0 Å². The Hall–Kier alpha value is -3.57. The van der Waals surface area contributed by atoms with Crippen molar-refractivity contribution in [3.63, 3.8) is 0 Å². The van der Waals surface area contributed by atoms with Gasteiger partial charge in [0.05, 0.1) is 11.2 Å². The van der Waals surface area contributed by atoms with Gasteiger partial charge in [-0.25, -0.2) is 5.43 Å². The highest BCUT2D eigenvalue weighted by Crippen LogP contribution is 2.24. The number of benzene rings is 3. The number of rotatable bonds is 5. The first-order valence-corrected chi connectivity index (χ1v) is 10.3. The Kier molecular flexibility index (Phi) is 5.78. The molecule has 4 rings (SSSR count). The van der Waals surface area contributed by atoms with E-state index in [9.17, 15) is 9.90 Å². The van der Waals surface area contributed by atoms with E-state index in [0.29, 0.717) is 5.56 Å². The van der Waals surface area contributed by atoms with Crippen LogP contribution < -0.4 is 5.43 Å². The van der Waals surface area contributed by atoms with Gasteiger partial charge in [-0.3, -0.25) is 4.79 Å². The van der Waals surface area contributed by atoms with E-state index in [4.69, 9.17) is 11.6 Å². The van der Waals surface area contributed by atoms with Gasteiger partial charge in [-0.05, 0) is 60.9 Å². The zero-order valence-electron chi connectivity index (χ0n) is 17.3. The van der Waals surface area contributed by atoms with Crippen LogP contribution in [0.4, 0.5) is 0 Å². The fourth-order valence-electron chi connectivity index (χ4n) is 3.47. The van der Waals surface area contributed by atoms with Gasteiger partial charge in [-0.1, -0.05) is 41.9 Å². The van der Waals surface area contributed by atoms with Gasteiger partial charge in [-0.15, -0.1) is 0 Å². The summed E-state index contributed by atoms with van der Waals surface area (Å²) < 4.78 is 2.20. The third kappa shape index (κ3) is 4.47. The van der Waals surface area contributed by atoms with E-state index < -0.39 is 5.91 Å². The van der Waals surface area contributed by atoms with Gasteiger partial charge in [0, 0.05) is 34.8 Å². The van der Waals surface area contributed by atoms with Crippen LogP contribution in [-0.4, -0.2) is 21.8 Å². The van der Waals surface area contributed by atoms with Crippen molar-refractivity contribution in [2.45, 2.75) is 20.4 Å². The number of hydrazone groups is 1. The number of hydrogen-bond donors (Lipinski definition) is 2. The summed E-state index contributed by atoms with van der Waals surface area (Å²) in [4.78, 5) is 12.3. The van der Waals surface area contributed by atoms with Crippen molar-refractivity contribution in [2.24, 2.45) is 5.10 Å². The first-order valence-electron chi connectivity index (χ1n) is 9.88. The molecule has 4 aromatic rings. The molecule has 3 aromatic carbocycles. The molecule has 1 heterocycles. The van der Waals surface area contributed by atoms with Crippen molar-refractivity contribution in [1.29, 1.82) is 0 Å². The summed E-state index contributed by atoms with van der Waals surface area (Å²) >= 11 is 5.86. The average Bonchev–Trinajstić information content (AvgIpc) is 3.16. The molecular formula is C25H22ClN3O2. The average molecular weight is 432 g/mol. The van der Waals surface area contributed by atoms with Crippen LogP contribution in [0.25, 0.3) is 10.9 Å². The predicted octanol–water partition coefficient (Wildman–Crippen LogP) is 5.43. The third-order valence-corrected chi connectivity index (χ3v) is 5.65. The minimum absolute atomic E-state index is 0.0706. The van der Waals surface area contributed by atoms with Crippen LogP contribution in [0.1, 0.15) is 32.6 Å². The molecule has 156 valence electrons. The first-order chi connectivity index (χ1) is 14.9. The maximum absolute atomic E-state index is 12.3. The zero-order chi connectivity index (χ0) is 22.0. The Morgan fingerprint density at radius 2 is 1.94 bits per heavy atom. The van der Waals surface area contributed by atoms with Crippen LogP contribution in [0.15, 0.2) is 72.0 Å². The number of nitrogens with zero attached hydrogens (tertiary/aromatic N) is 2. The lowest BCUT2D eigenvalue weighted by Crippen LogP contribution is -2.17. The molecule has 1 aromatic heterocycles. The highest BCUT2D eigenvalue weighted by molar-refractivity contribution is 6.32. The summed E-state index contributed by atoms with van der Waals surface area (Å²) in [6.45, 7) is 5.02. The number of carbonyl (C=O) groups is 1. The molecule has 0 fully saturated rings. The van der Waals surface area contributed by atoms with Crippen LogP contribution in [0.2, 0.25) is 5.02 Å². The van der Waals surface area contributed by atoms with Crippen LogP contribution in [-0.2, 0) is 6.54 Å². The fourth-order valence-corrected chi connectivity index (χ4v) is 3.65. The largest absolute Gasteiger partial charge is 0.506 e. The van der Waals surface area contributed by atoms with Crippen molar-refractivity contribution >= 4 is 34.6 Å². The number of aryl methyl sites for hydroxylation is 2. The maximum Gasteiger partial charge on any atom is 0.271 e. The molecule has 0 bridgehead atoms. The van der Waals surface area contributed by atoms with E-state index in [1.807, 2.05) is 12.1 Å². The predicted molar refractivity (Wildman–Crippen MR) is 125 cm³/mol. The van der Waals surface area contributed by atoms with Gasteiger partial charge >= 0.3 is 0 Å². The van der Waals surface area contributed by atoms with Gasteiger partial charge in [0.25, 0.3) is 5.91 Å². The van der Waals surface area contributed by atoms with Crippen molar-refractivity contribution in [3.05, 3.63) is 99.7 Å². The van der Waals surface area contributed by atoms with Crippen LogP contribution in [0.5, 0.6) is 5.75 Å². The number of aromatic hydroxyl groups is 1. The molecule has 31 heavy (non-hydrogen) atoms. The molecule has 0 aliphatic heterocycles. The van der Waals surface area contributed by atoms with Gasteiger partial charge in [0.1, 0.15) is 5.75 Å². The minimum atomic E-state index is -0.405. The molecule has 2 N–H and O–H groups in total. The number of aromatic nitrogens is 1. The van der Waals surface area contributed by atoms with Crippen LogP contribution in [0.3, 0.4) is 0 Å². The summed E-state index contributed by atoms with van der Waals surface area (Å²) in [6, 6.07) is 18.8. The molecule has 6 heteroatoms. The highest BCUT2D eigenvalue weighted by atomic mass is 35.5. The zero-order valence-corrected chi connectivity index (χ0v) is 18.0. The lowest BCUT2D eigenvalue weighted by molar-refractivity contribution is 0.0955. The van der Waals surface area contributed by atoms with Gasteiger partial charge in [0.2, 0.25) is 0 Å². The number of fused-ring (bicyclic) bond motifs is 1. The number of carbonyl (C=O) groups excluding carboxylic acids is 1. The van der Waals surface area contributed by atoms with Gasteiger partial charge in [-0.2, -0.15) is 5.10 Å². The molecule has 0 unspecified atom stereocenters. The molecule has 0 aliphatic carbocycles. The summed E-state index contributed by atoms with van der Waals surface area (Å²) in [5.74, 6) is -0.476. The molecule has 0 saturated heterocycles. The van der Waals surface area contributed by atoms with E-state index >= 15 is 0 Å². The molecule has 1 amide bonds. The fraction of sp³-hybridized carbons (Fsp3) is 0.120.